The molecular weight excluding hydrogens is 204 g/mol. The van der Waals surface area contributed by atoms with Gasteiger partial charge in [0.05, 0.1) is 0 Å². The monoisotopic (exact) mass is 230 g/mol. The molecule has 15 heavy (non-hydrogen) atoms. The third-order valence-corrected chi connectivity index (χ3v) is 3.13. The summed E-state index contributed by atoms with van der Waals surface area (Å²) in [5, 5.41) is 0. The first-order chi connectivity index (χ1) is 7.27. The summed E-state index contributed by atoms with van der Waals surface area (Å²) in [6.45, 7) is 2.25. The quantitative estimate of drug-likeness (QED) is 0.408. The minimum atomic E-state index is -0.665. The molecule has 0 saturated carbocycles. The van der Waals surface area contributed by atoms with Crippen LogP contribution in [0.25, 0.3) is 0 Å². The summed E-state index contributed by atoms with van der Waals surface area (Å²) < 4.78 is 10.7. The first-order valence-corrected chi connectivity index (χ1v) is 7.95. The van der Waals surface area contributed by atoms with Gasteiger partial charge in [0.1, 0.15) is 0 Å². The van der Waals surface area contributed by atoms with Gasteiger partial charge in [0, 0.05) is 22.8 Å². The van der Waals surface area contributed by atoms with E-state index in [1.54, 1.807) is 6.26 Å². The molecule has 90 valence electrons. The Morgan fingerprint density at radius 1 is 0.933 bits per heavy atom. The smallest absolute Gasteiger partial charge is 0.0412 e. The summed E-state index contributed by atoms with van der Waals surface area (Å²) in [6, 6.07) is 0. The van der Waals surface area contributed by atoms with Gasteiger partial charge in [-0.25, -0.2) is 0 Å². The van der Waals surface area contributed by atoms with Crippen molar-refractivity contribution in [1.29, 1.82) is 0 Å². The minimum Gasteiger partial charge on any atom is -0.260 e. The van der Waals surface area contributed by atoms with Gasteiger partial charge in [0.25, 0.3) is 0 Å². The molecule has 0 radical (unpaired) electrons. The highest BCUT2D eigenvalue weighted by Crippen LogP contribution is 2.08. The zero-order valence-corrected chi connectivity index (χ0v) is 11.2. The maximum atomic E-state index is 10.7. The Morgan fingerprint density at radius 3 is 2.13 bits per heavy atom. The van der Waals surface area contributed by atoms with Gasteiger partial charge in [-0.05, 0) is 12.8 Å². The molecule has 0 aromatic carbocycles. The molecule has 1 atom stereocenters. The summed E-state index contributed by atoms with van der Waals surface area (Å²) in [6.07, 6.45) is 16.7. The van der Waals surface area contributed by atoms with Gasteiger partial charge in [0.15, 0.2) is 0 Å². The lowest BCUT2D eigenvalue weighted by molar-refractivity contribution is 0.592. The average molecular weight is 230 g/mol. The lowest BCUT2D eigenvalue weighted by atomic mass is 10.1. The first kappa shape index (κ1) is 14.9. The van der Waals surface area contributed by atoms with Crippen LogP contribution in [-0.4, -0.2) is 16.2 Å². The van der Waals surface area contributed by atoms with Gasteiger partial charge < -0.3 is 0 Å². The molecule has 0 aromatic rings. The maximum Gasteiger partial charge on any atom is 0.0412 e. The molecular formula is C13H26OS. The van der Waals surface area contributed by atoms with Crippen LogP contribution in [0.1, 0.15) is 58.3 Å². The summed E-state index contributed by atoms with van der Waals surface area (Å²) in [4.78, 5) is 0. The number of unbranched alkanes of at least 4 members (excludes halogenated alkanes) is 7. The summed E-state index contributed by atoms with van der Waals surface area (Å²) in [5.74, 6) is 0.719. The van der Waals surface area contributed by atoms with Crippen molar-refractivity contribution < 1.29 is 4.21 Å². The fourth-order valence-electron chi connectivity index (χ4n) is 1.54. The van der Waals surface area contributed by atoms with Crippen LogP contribution < -0.4 is 0 Å². The highest BCUT2D eigenvalue weighted by molar-refractivity contribution is 7.84. The lowest BCUT2D eigenvalue weighted by Crippen LogP contribution is -1.88. The van der Waals surface area contributed by atoms with Gasteiger partial charge in [-0.2, -0.15) is 0 Å². The van der Waals surface area contributed by atoms with Crippen LogP contribution in [0.15, 0.2) is 12.2 Å². The van der Waals surface area contributed by atoms with E-state index in [4.69, 9.17) is 0 Å². The topological polar surface area (TPSA) is 17.1 Å². The summed E-state index contributed by atoms with van der Waals surface area (Å²) in [7, 11) is -0.665. The van der Waals surface area contributed by atoms with Gasteiger partial charge in [-0.1, -0.05) is 57.6 Å². The van der Waals surface area contributed by atoms with E-state index in [0.717, 1.165) is 12.2 Å². The van der Waals surface area contributed by atoms with E-state index < -0.39 is 10.8 Å². The number of hydrogen-bond acceptors (Lipinski definition) is 1. The Labute approximate surface area is 97.8 Å². The molecule has 0 fully saturated rings. The lowest BCUT2D eigenvalue weighted by Gasteiger charge is -1.98. The van der Waals surface area contributed by atoms with E-state index in [2.05, 4.69) is 13.0 Å². The second kappa shape index (κ2) is 12.0. The zero-order valence-electron chi connectivity index (χ0n) is 10.3. The van der Waals surface area contributed by atoms with Crippen molar-refractivity contribution in [3.63, 3.8) is 0 Å². The van der Waals surface area contributed by atoms with Gasteiger partial charge >= 0.3 is 0 Å². The molecule has 2 heteroatoms. The fourth-order valence-corrected chi connectivity index (χ4v) is 1.95. The third-order valence-electron chi connectivity index (χ3n) is 2.47. The molecule has 0 amide bonds. The van der Waals surface area contributed by atoms with Crippen molar-refractivity contribution in [3.05, 3.63) is 12.2 Å². The highest BCUT2D eigenvalue weighted by Gasteiger charge is 1.89. The van der Waals surface area contributed by atoms with E-state index in [1.807, 2.05) is 6.08 Å². The average Bonchev–Trinajstić information content (AvgIpc) is 2.20. The SMILES string of the molecule is CCCCCCCCCC=CCS(C)=O. The van der Waals surface area contributed by atoms with Crippen LogP contribution in [-0.2, 0) is 10.8 Å². The van der Waals surface area contributed by atoms with Crippen molar-refractivity contribution in [2.24, 2.45) is 0 Å². The number of rotatable bonds is 10. The first-order valence-electron chi connectivity index (χ1n) is 6.22. The van der Waals surface area contributed by atoms with E-state index >= 15 is 0 Å². The van der Waals surface area contributed by atoms with Crippen LogP contribution in [0.3, 0.4) is 0 Å². The third kappa shape index (κ3) is 13.9. The molecule has 0 heterocycles. The molecule has 0 aliphatic carbocycles. The van der Waals surface area contributed by atoms with Crippen LogP contribution >= 0.6 is 0 Å². The minimum absolute atomic E-state index is 0.665. The van der Waals surface area contributed by atoms with Crippen LogP contribution in [0.4, 0.5) is 0 Å². The largest absolute Gasteiger partial charge is 0.260 e. The highest BCUT2D eigenvalue weighted by atomic mass is 32.2. The summed E-state index contributed by atoms with van der Waals surface area (Å²) in [5.41, 5.74) is 0. The predicted octanol–water partition coefficient (Wildman–Crippen LogP) is 4.06. The van der Waals surface area contributed by atoms with Crippen LogP contribution in [0, 0.1) is 0 Å². The maximum absolute atomic E-state index is 10.7. The molecule has 1 nitrogen and oxygen atoms in total. The normalized spacial score (nSPS) is 13.5. The Hall–Kier alpha value is -0.110. The predicted molar refractivity (Wildman–Crippen MR) is 70.7 cm³/mol. The molecule has 0 spiro atoms. The van der Waals surface area contributed by atoms with Crippen molar-refractivity contribution in [3.8, 4) is 0 Å². The van der Waals surface area contributed by atoms with Gasteiger partial charge in [0.2, 0.25) is 0 Å². The van der Waals surface area contributed by atoms with E-state index in [1.165, 1.54) is 44.9 Å². The van der Waals surface area contributed by atoms with Crippen molar-refractivity contribution in [2.45, 2.75) is 58.3 Å². The molecule has 0 N–H and O–H groups in total. The van der Waals surface area contributed by atoms with Crippen LogP contribution in [0.2, 0.25) is 0 Å². The molecule has 0 bridgehead atoms. The van der Waals surface area contributed by atoms with E-state index in [-0.39, 0.29) is 0 Å². The van der Waals surface area contributed by atoms with Crippen molar-refractivity contribution in [2.75, 3.05) is 12.0 Å². The molecule has 0 aliphatic heterocycles. The van der Waals surface area contributed by atoms with E-state index in [0.29, 0.717) is 0 Å². The van der Waals surface area contributed by atoms with Crippen LogP contribution in [0.5, 0.6) is 0 Å². The molecule has 1 unspecified atom stereocenters. The Kier molecular flexibility index (Phi) is 11.9. The van der Waals surface area contributed by atoms with Gasteiger partial charge in [-0.3, -0.25) is 4.21 Å². The van der Waals surface area contributed by atoms with E-state index in [9.17, 15) is 4.21 Å². The Balaban J connectivity index is 3.04. The molecule has 0 aromatic heterocycles. The number of allylic oxidation sites excluding steroid dienone is 1. The summed E-state index contributed by atoms with van der Waals surface area (Å²) >= 11 is 0. The van der Waals surface area contributed by atoms with Crippen molar-refractivity contribution in [1.82, 2.24) is 0 Å². The fraction of sp³-hybridized carbons (Fsp3) is 0.846. The molecule has 0 aliphatic rings. The Bertz CT molecular complexity index is 175. The second-order valence-electron chi connectivity index (χ2n) is 4.12. The second-order valence-corrected chi connectivity index (χ2v) is 5.60. The van der Waals surface area contributed by atoms with Crippen molar-refractivity contribution >= 4 is 10.8 Å². The number of hydrogen-bond donors (Lipinski definition) is 0. The Morgan fingerprint density at radius 2 is 1.53 bits per heavy atom. The molecule has 0 saturated heterocycles. The zero-order chi connectivity index (χ0) is 11.4. The molecule has 0 rings (SSSR count). The van der Waals surface area contributed by atoms with Gasteiger partial charge in [-0.15, -0.1) is 0 Å². The standard InChI is InChI=1S/C13H26OS/c1-3-4-5-6-7-8-9-10-11-12-13-15(2)14/h11-12H,3-10,13H2,1-2H3.